The summed E-state index contributed by atoms with van der Waals surface area (Å²) in [6.07, 6.45) is 5.10. The van der Waals surface area contributed by atoms with Gasteiger partial charge in [0, 0.05) is 36.1 Å². The van der Waals surface area contributed by atoms with Crippen LogP contribution in [-0.2, 0) is 11.2 Å². The third kappa shape index (κ3) is 3.97. The van der Waals surface area contributed by atoms with E-state index < -0.39 is 4.92 Å². The van der Waals surface area contributed by atoms with Gasteiger partial charge in [-0.2, -0.15) is 0 Å². The molecule has 0 aliphatic carbocycles. The molecule has 0 spiro atoms. The molecule has 2 heterocycles. The van der Waals surface area contributed by atoms with Gasteiger partial charge in [0.1, 0.15) is 0 Å². The van der Waals surface area contributed by atoms with Gasteiger partial charge in [0.25, 0.3) is 11.6 Å². The molecule has 0 unspecified atom stereocenters. The Labute approximate surface area is 171 Å². The summed E-state index contributed by atoms with van der Waals surface area (Å²) in [6, 6.07) is 14.6. The van der Waals surface area contributed by atoms with Crippen molar-refractivity contribution in [2.45, 2.75) is 6.42 Å². The van der Waals surface area contributed by atoms with Crippen LogP contribution in [0.2, 0.25) is 0 Å². The van der Waals surface area contributed by atoms with E-state index >= 15 is 0 Å². The minimum Gasteiger partial charge on any atom is -0.459 e. The molecule has 1 N–H and O–H groups in total. The first-order valence-corrected chi connectivity index (χ1v) is 9.23. The van der Waals surface area contributed by atoms with Gasteiger partial charge in [0.05, 0.1) is 11.2 Å². The second kappa shape index (κ2) is 8.04. The highest BCUT2D eigenvalue weighted by Gasteiger charge is 2.27. The Bertz CT molecular complexity index is 1130. The second-order valence-corrected chi connectivity index (χ2v) is 6.70. The number of anilines is 2. The number of nitrogens with zero attached hydrogens (tertiary/aromatic N) is 2. The zero-order valence-electron chi connectivity index (χ0n) is 15.8. The number of nitro benzene ring substituents is 1. The van der Waals surface area contributed by atoms with Crippen LogP contribution < -0.4 is 10.2 Å². The Morgan fingerprint density at radius 1 is 1.13 bits per heavy atom. The number of rotatable bonds is 5. The van der Waals surface area contributed by atoms with Gasteiger partial charge in [0.15, 0.2) is 5.76 Å². The van der Waals surface area contributed by atoms with Crippen LogP contribution in [0.25, 0.3) is 6.08 Å². The minimum absolute atomic E-state index is 0.0107. The molecule has 0 saturated carbocycles. The third-order valence-electron chi connectivity index (χ3n) is 4.76. The van der Waals surface area contributed by atoms with E-state index in [2.05, 4.69) is 5.32 Å². The molecule has 0 atom stereocenters. The number of amides is 2. The normalized spacial score (nSPS) is 12.7. The van der Waals surface area contributed by atoms with Gasteiger partial charge in [-0.15, -0.1) is 0 Å². The number of carbonyl (C=O) groups excluding carboxylic acids is 2. The molecule has 0 saturated heterocycles. The fraction of sp³-hybridized carbons (Fsp3) is 0.0909. The first-order chi connectivity index (χ1) is 14.5. The van der Waals surface area contributed by atoms with Crippen molar-refractivity contribution in [1.82, 2.24) is 0 Å². The van der Waals surface area contributed by atoms with Crippen LogP contribution in [0.5, 0.6) is 0 Å². The summed E-state index contributed by atoms with van der Waals surface area (Å²) in [5.74, 6) is -0.307. The summed E-state index contributed by atoms with van der Waals surface area (Å²) in [7, 11) is 0. The van der Waals surface area contributed by atoms with E-state index in [0.717, 1.165) is 17.7 Å². The van der Waals surface area contributed by atoms with Crippen molar-refractivity contribution in [3.05, 3.63) is 93.9 Å². The Balaban J connectivity index is 1.45. The van der Waals surface area contributed by atoms with Crippen LogP contribution in [0.3, 0.4) is 0 Å². The fourth-order valence-electron chi connectivity index (χ4n) is 3.26. The molecule has 8 heteroatoms. The van der Waals surface area contributed by atoms with Gasteiger partial charge in [0.2, 0.25) is 5.91 Å². The highest BCUT2D eigenvalue weighted by molar-refractivity contribution is 6.06. The van der Waals surface area contributed by atoms with E-state index in [1.54, 1.807) is 47.4 Å². The van der Waals surface area contributed by atoms with Crippen molar-refractivity contribution in [1.29, 1.82) is 0 Å². The second-order valence-electron chi connectivity index (χ2n) is 6.70. The molecular weight excluding hydrogens is 386 g/mol. The van der Waals surface area contributed by atoms with Crippen LogP contribution in [0.15, 0.2) is 71.4 Å². The number of furan rings is 1. The largest absolute Gasteiger partial charge is 0.459 e. The average molecular weight is 403 g/mol. The smallest absolute Gasteiger partial charge is 0.293 e. The lowest BCUT2D eigenvalue weighted by Crippen LogP contribution is -2.28. The highest BCUT2D eigenvalue weighted by atomic mass is 16.6. The SMILES string of the molecule is O=C(/C=C/c1ccc([N+](=O)[O-])cc1)Nc1ccc2c(c1)N(C(=O)c1ccco1)CC2. The number of non-ortho nitro benzene ring substituents is 1. The lowest BCUT2D eigenvalue weighted by atomic mass is 10.1. The van der Waals surface area contributed by atoms with E-state index in [1.165, 1.54) is 24.5 Å². The van der Waals surface area contributed by atoms with Crippen molar-refractivity contribution in [3.8, 4) is 0 Å². The lowest BCUT2D eigenvalue weighted by Gasteiger charge is -2.16. The van der Waals surface area contributed by atoms with Crippen LogP contribution in [0.4, 0.5) is 17.1 Å². The van der Waals surface area contributed by atoms with Gasteiger partial charge in [-0.1, -0.05) is 6.07 Å². The summed E-state index contributed by atoms with van der Waals surface area (Å²) in [5, 5.41) is 13.5. The zero-order valence-corrected chi connectivity index (χ0v) is 15.8. The number of nitro groups is 1. The predicted molar refractivity (Wildman–Crippen MR) is 111 cm³/mol. The number of hydrogen-bond donors (Lipinski definition) is 1. The van der Waals surface area contributed by atoms with Crippen LogP contribution in [-0.4, -0.2) is 23.3 Å². The van der Waals surface area contributed by atoms with E-state index in [-0.39, 0.29) is 23.3 Å². The topological polar surface area (TPSA) is 106 Å². The molecule has 1 aromatic heterocycles. The van der Waals surface area contributed by atoms with Crippen molar-refractivity contribution >= 4 is 35.0 Å². The molecule has 8 nitrogen and oxygen atoms in total. The van der Waals surface area contributed by atoms with Gasteiger partial charge in [-0.05, 0) is 60.0 Å². The number of fused-ring (bicyclic) bond motifs is 1. The third-order valence-corrected chi connectivity index (χ3v) is 4.76. The molecule has 3 aromatic rings. The van der Waals surface area contributed by atoms with Crippen LogP contribution >= 0.6 is 0 Å². The summed E-state index contributed by atoms with van der Waals surface area (Å²) in [4.78, 5) is 36.7. The van der Waals surface area contributed by atoms with E-state index in [4.69, 9.17) is 4.42 Å². The minimum atomic E-state index is -0.478. The maximum Gasteiger partial charge on any atom is 0.293 e. The molecular formula is C22H17N3O5. The monoisotopic (exact) mass is 403 g/mol. The number of hydrogen-bond acceptors (Lipinski definition) is 5. The van der Waals surface area contributed by atoms with E-state index in [0.29, 0.717) is 17.8 Å². The van der Waals surface area contributed by atoms with Crippen molar-refractivity contribution in [3.63, 3.8) is 0 Å². The standard InChI is InChI=1S/C22H17N3O5/c26-21(10-5-15-3-8-18(9-4-15)25(28)29)23-17-7-6-16-11-12-24(19(16)14-17)22(27)20-2-1-13-30-20/h1-10,13-14H,11-12H2,(H,23,26)/b10-5+. The van der Waals surface area contributed by atoms with E-state index in [9.17, 15) is 19.7 Å². The Kier molecular flexibility index (Phi) is 5.13. The fourth-order valence-corrected chi connectivity index (χ4v) is 3.26. The average Bonchev–Trinajstić information content (AvgIpc) is 3.42. The molecule has 4 rings (SSSR count). The van der Waals surface area contributed by atoms with Crippen molar-refractivity contribution < 1.29 is 18.9 Å². The maximum atomic E-state index is 12.6. The quantitative estimate of drug-likeness (QED) is 0.393. The molecule has 0 fully saturated rings. The zero-order chi connectivity index (χ0) is 21.1. The summed E-state index contributed by atoms with van der Waals surface area (Å²) in [5.41, 5.74) is 2.98. The molecule has 30 heavy (non-hydrogen) atoms. The summed E-state index contributed by atoms with van der Waals surface area (Å²) in [6.45, 7) is 0.548. The Morgan fingerprint density at radius 2 is 1.93 bits per heavy atom. The predicted octanol–water partition coefficient (Wildman–Crippen LogP) is 4.04. The highest BCUT2D eigenvalue weighted by Crippen LogP contribution is 2.32. The summed E-state index contributed by atoms with van der Waals surface area (Å²) < 4.78 is 5.20. The maximum absolute atomic E-state index is 12.6. The number of carbonyl (C=O) groups is 2. The van der Waals surface area contributed by atoms with E-state index in [1.807, 2.05) is 6.07 Å². The lowest BCUT2D eigenvalue weighted by molar-refractivity contribution is -0.384. The van der Waals surface area contributed by atoms with Crippen LogP contribution in [0, 0.1) is 10.1 Å². The van der Waals surface area contributed by atoms with Crippen molar-refractivity contribution in [2.24, 2.45) is 0 Å². The molecule has 2 amide bonds. The molecule has 0 bridgehead atoms. The van der Waals surface area contributed by atoms with Gasteiger partial charge in [-0.25, -0.2) is 0 Å². The molecule has 2 aromatic carbocycles. The Morgan fingerprint density at radius 3 is 2.63 bits per heavy atom. The first kappa shape index (κ1) is 19.1. The Hall–Kier alpha value is -4.20. The van der Waals surface area contributed by atoms with Gasteiger partial charge >= 0.3 is 0 Å². The first-order valence-electron chi connectivity index (χ1n) is 9.23. The molecule has 1 aliphatic heterocycles. The number of benzene rings is 2. The van der Waals surface area contributed by atoms with Crippen molar-refractivity contribution in [2.75, 3.05) is 16.8 Å². The summed E-state index contributed by atoms with van der Waals surface area (Å²) >= 11 is 0. The van der Waals surface area contributed by atoms with Gasteiger partial charge < -0.3 is 14.6 Å². The molecule has 1 aliphatic rings. The number of nitrogens with one attached hydrogen (secondary N) is 1. The van der Waals surface area contributed by atoms with Gasteiger partial charge in [-0.3, -0.25) is 19.7 Å². The molecule has 150 valence electrons. The molecule has 0 radical (unpaired) electrons. The van der Waals surface area contributed by atoms with Crippen LogP contribution in [0.1, 0.15) is 21.7 Å².